The lowest BCUT2D eigenvalue weighted by Crippen LogP contribution is -2.37. The van der Waals surface area contributed by atoms with E-state index in [2.05, 4.69) is 4.99 Å². The molecule has 29 heavy (non-hydrogen) atoms. The normalized spacial score (nSPS) is 24.1. The molecule has 5 nitrogen and oxygen atoms in total. The van der Waals surface area contributed by atoms with Crippen LogP contribution in [0.15, 0.2) is 53.5 Å². The van der Waals surface area contributed by atoms with E-state index in [1.165, 1.54) is 11.8 Å². The first-order valence-electron chi connectivity index (χ1n) is 9.09. The van der Waals surface area contributed by atoms with Crippen molar-refractivity contribution < 1.29 is 13.2 Å². The van der Waals surface area contributed by atoms with Crippen molar-refractivity contribution >= 4 is 61.6 Å². The lowest BCUT2D eigenvalue weighted by Gasteiger charge is -2.24. The van der Waals surface area contributed by atoms with Crippen LogP contribution in [-0.4, -0.2) is 42.3 Å². The summed E-state index contributed by atoms with van der Waals surface area (Å²) in [6.07, 6.45) is 0.895. The summed E-state index contributed by atoms with van der Waals surface area (Å²) < 4.78 is 24.3. The Kier molecular flexibility index (Phi) is 5.93. The number of halogens is 2. The number of fused-ring (bicyclic) bond motifs is 1. The van der Waals surface area contributed by atoms with Crippen LogP contribution in [0.4, 0.5) is 5.69 Å². The smallest absolute Gasteiger partial charge is 0.248 e. The summed E-state index contributed by atoms with van der Waals surface area (Å²) in [6, 6.07) is 14.6. The molecule has 0 spiro atoms. The van der Waals surface area contributed by atoms with Gasteiger partial charge in [-0.25, -0.2) is 8.42 Å². The Balaban J connectivity index is 1.59. The minimum absolute atomic E-state index is 0.0299. The molecule has 2 saturated heterocycles. The van der Waals surface area contributed by atoms with Crippen LogP contribution in [0.25, 0.3) is 0 Å². The number of nitrogens with zero attached hydrogens (tertiary/aromatic N) is 2. The minimum atomic E-state index is -3.12. The maximum absolute atomic E-state index is 12.5. The zero-order chi connectivity index (χ0) is 20.6. The molecule has 0 bridgehead atoms. The quantitative estimate of drug-likeness (QED) is 0.671. The number of carbonyl (C=O) groups is 1. The number of amidine groups is 1. The van der Waals surface area contributed by atoms with E-state index in [4.69, 9.17) is 23.2 Å². The van der Waals surface area contributed by atoms with Crippen molar-refractivity contribution in [2.45, 2.75) is 24.1 Å². The first-order valence-corrected chi connectivity index (χ1v) is 12.5. The van der Waals surface area contributed by atoms with E-state index in [1.54, 1.807) is 18.2 Å². The van der Waals surface area contributed by atoms with E-state index in [0.717, 1.165) is 5.56 Å². The fourth-order valence-corrected chi connectivity index (χ4v) is 7.78. The first-order chi connectivity index (χ1) is 13.8. The summed E-state index contributed by atoms with van der Waals surface area (Å²) in [5.74, 6) is -0.122. The van der Waals surface area contributed by atoms with E-state index in [0.29, 0.717) is 27.3 Å². The van der Waals surface area contributed by atoms with Gasteiger partial charge in [-0.2, -0.15) is 4.99 Å². The van der Waals surface area contributed by atoms with Crippen molar-refractivity contribution in [3.05, 3.63) is 64.1 Å². The number of carbonyl (C=O) groups excluding carboxylic acids is 1. The second kappa shape index (κ2) is 8.30. The molecule has 2 aliphatic rings. The second-order valence-corrected chi connectivity index (χ2v) is 11.2. The molecule has 0 aliphatic carbocycles. The molecule has 2 aromatic carbocycles. The third kappa shape index (κ3) is 4.63. The van der Waals surface area contributed by atoms with E-state index < -0.39 is 9.84 Å². The van der Waals surface area contributed by atoms with Crippen molar-refractivity contribution in [1.29, 1.82) is 0 Å². The molecule has 0 radical (unpaired) electrons. The van der Waals surface area contributed by atoms with E-state index in [9.17, 15) is 13.2 Å². The van der Waals surface area contributed by atoms with Gasteiger partial charge in [0.05, 0.1) is 27.6 Å². The number of hydrogen-bond donors (Lipinski definition) is 0. The molecule has 9 heteroatoms. The van der Waals surface area contributed by atoms with E-state index in [1.807, 2.05) is 35.2 Å². The van der Waals surface area contributed by atoms with Gasteiger partial charge in [-0.15, -0.1) is 0 Å². The average molecular weight is 469 g/mol. The first kappa shape index (κ1) is 20.7. The largest absolute Gasteiger partial charge is 0.316 e. The van der Waals surface area contributed by atoms with Crippen LogP contribution in [-0.2, 0) is 21.1 Å². The minimum Gasteiger partial charge on any atom is -0.316 e. The number of sulfone groups is 1. The van der Waals surface area contributed by atoms with Crippen LogP contribution in [0, 0.1) is 0 Å². The standard InChI is InChI=1S/C20H18Cl2N2O3S2/c21-15-8-7-14(10-16(15)22)24-17-11-29(26,27)12-18(17)28-20(24)23-19(25)9-6-13-4-2-1-3-5-13/h1-5,7-8,10,17-18H,6,9,11-12H2/t17-,18-/m1/s1. The van der Waals surface area contributed by atoms with Gasteiger partial charge in [-0.1, -0.05) is 65.3 Å². The fourth-order valence-electron chi connectivity index (χ4n) is 3.56. The summed E-state index contributed by atoms with van der Waals surface area (Å²) in [5, 5.41) is 1.14. The number of benzene rings is 2. The highest BCUT2D eigenvalue weighted by molar-refractivity contribution is 8.16. The SMILES string of the molecule is O=C(CCc1ccccc1)N=C1S[C@@H]2CS(=O)(=O)C[C@H]2N1c1ccc(Cl)c(Cl)c1. The van der Waals surface area contributed by atoms with Gasteiger partial charge in [0.2, 0.25) is 5.91 Å². The number of aliphatic imine (C=N–C) groups is 1. The Labute approximate surface area is 184 Å². The monoisotopic (exact) mass is 468 g/mol. The van der Waals surface area contributed by atoms with Crippen LogP contribution in [0.5, 0.6) is 0 Å². The predicted octanol–water partition coefficient (Wildman–Crippen LogP) is 4.23. The zero-order valence-electron chi connectivity index (χ0n) is 15.3. The molecule has 1 amide bonds. The van der Waals surface area contributed by atoms with Crippen molar-refractivity contribution in [1.82, 2.24) is 0 Å². The highest BCUT2D eigenvalue weighted by Gasteiger charge is 2.49. The van der Waals surface area contributed by atoms with Crippen molar-refractivity contribution in [3.8, 4) is 0 Å². The Morgan fingerprint density at radius 1 is 1.10 bits per heavy atom. The molecule has 0 unspecified atom stereocenters. The third-order valence-corrected chi connectivity index (χ3v) is 8.89. The van der Waals surface area contributed by atoms with Crippen LogP contribution < -0.4 is 4.90 Å². The summed E-state index contributed by atoms with van der Waals surface area (Å²) in [4.78, 5) is 18.7. The van der Waals surface area contributed by atoms with Gasteiger partial charge in [0.1, 0.15) is 0 Å². The lowest BCUT2D eigenvalue weighted by atomic mass is 10.1. The van der Waals surface area contributed by atoms with Gasteiger partial charge in [0.25, 0.3) is 0 Å². The number of anilines is 1. The number of amides is 1. The van der Waals surface area contributed by atoms with Crippen LogP contribution in [0.2, 0.25) is 10.0 Å². The number of rotatable bonds is 4. The lowest BCUT2D eigenvalue weighted by molar-refractivity contribution is -0.117. The molecule has 152 valence electrons. The molecule has 4 rings (SSSR count). The van der Waals surface area contributed by atoms with Gasteiger partial charge in [-0.05, 0) is 30.2 Å². The van der Waals surface area contributed by atoms with Crippen LogP contribution in [0.1, 0.15) is 12.0 Å². The molecule has 2 fully saturated rings. The second-order valence-electron chi connectivity index (χ2n) is 7.04. The molecule has 2 aromatic rings. The van der Waals surface area contributed by atoms with Crippen molar-refractivity contribution in [2.75, 3.05) is 16.4 Å². The topological polar surface area (TPSA) is 66.8 Å². The molecule has 0 N–H and O–H groups in total. The Bertz CT molecular complexity index is 1070. The van der Waals surface area contributed by atoms with Gasteiger partial charge in [0, 0.05) is 17.4 Å². The summed E-state index contributed by atoms with van der Waals surface area (Å²) >= 11 is 13.5. The van der Waals surface area contributed by atoms with Gasteiger partial charge < -0.3 is 4.90 Å². The van der Waals surface area contributed by atoms with Gasteiger partial charge >= 0.3 is 0 Å². The summed E-state index contributed by atoms with van der Waals surface area (Å²) in [7, 11) is -3.12. The molecular formula is C20H18Cl2N2O3S2. The Morgan fingerprint density at radius 2 is 1.86 bits per heavy atom. The third-order valence-electron chi connectivity index (χ3n) is 4.94. The summed E-state index contributed by atoms with van der Waals surface area (Å²) in [6.45, 7) is 0. The van der Waals surface area contributed by atoms with E-state index >= 15 is 0 Å². The molecule has 2 atom stereocenters. The molecule has 2 aliphatic heterocycles. The van der Waals surface area contributed by atoms with Crippen molar-refractivity contribution in [2.24, 2.45) is 4.99 Å². The molecule has 2 heterocycles. The maximum atomic E-state index is 12.5. The van der Waals surface area contributed by atoms with Crippen LogP contribution in [0.3, 0.4) is 0 Å². The van der Waals surface area contributed by atoms with Gasteiger partial charge in [-0.3, -0.25) is 4.79 Å². The number of aryl methyl sites for hydroxylation is 1. The van der Waals surface area contributed by atoms with Crippen molar-refractivity contribution in [3.63, 3.8) is 0 Å². The number of thioether (sulfide) groups is 1. The van der Waals surface area contributed by atoms with Gasteiger partial charge in [0.15, 0.2) is 15.0 Å². The Morgan fingerprint density at radius 3 is 2.59 bits per heavy atom. The molecule has 0 aromatic heterocycles. The zero-order valence-corrected chi connectivity index (χ0v) is 18.4. The fraction of sp³-hybridized carbons (Fsp3) is 0.300. The molecule has 0 saturated carbocycles. The maximum Gasteiger partial charge on any atom is 0.248 e. The highest BCUT2D eigenvalue weighted by atomic mass is 35.5. The van der Waals surface area contributed by atoms with E-state index in [-0.39, 0.29) is 35.1 Å². The highest BCUT2D eigenvalue weighted by Crippen LogP contribution is 2.42. The Hall–Kier alpha value is -1.54. The summed E-state index contributed by atoms with van der Waals surface area (Å²) in [5.41, 5.74) is 1.76. The molecular weight excluding hydrogens is 451 g/mol. The number of hydrogen-bond acceptors (Lipinski definition) is 4. The average Bonchev–Trinajstić information content (AvgIpc) is 3.14. The predicted molar refractivity (Wildman–Crippen MR) is 120 cm³/mol. The van der Waals surface area contributed by atoms with Crippen LogP contribution >= 0.6 is 35.0 Å².